The highest BCUT2D eigenvalue weighted by atomic mass is 19.1. The van der Waals surface area contributed by atoms with Crippen LogP contribution >= 0.6 is 0 Å². The van der Waals surface area contributed by atoms with Gasteiger partial charge in [-0.1, -0.05) is 29.9 Å². The molecule has 2 aliphatic rings. The first-order valence-corrected chi connectivity index (χ1v) is 8.84. The fraction of sp³-hybridized carbons (Fsp3) is 0.143. The Morgan fingerprint density at radius 2 is 2.07 bits per heavy atom. The fourth-order valence-electron chi connectivity index (χ4n) is 2.73. The molecule has 0 atom stereocenters. The average molecular weight is 379 g/mol. The van der Waals surface area contributed by atoms with Crippen LogP contribution in [0, 0.1) is 5.82 Å². The van der Waals surface area contributed by atoms with Crippen LogP contribution in [-0.4, -0.2) is 9.97 Å². The van der Waals surface area contributed by atoms with Crippen LogP contribution in [0.25, 0.3) is 0 Å². The summed E-state index contributed by atoms with van der Waals surface area (Å²) in [4.78, 5) is 8.31. The van der Waals surface area contributed by atoms with Gasteiger partial charge in [0.25, 0.3) is 0 Å². The van der Waals surface area contributed by atoms with E-state index in [1.54, 1.807) is 18.4 Å². The van der Waals surface area contributed by atoms with Gasteiger partial charge in [0.2, 0.25) is 5.95 Å². The van der Waals surface area contributed by atoms with Crippen LogP contribution in [0.4, 0.5) is 16.0 Å². The van der Waals surface area contributed by atoms with E-state index in [0.29, 0.717) is 29.6 Å². The van der Waals surface area contributed by atoms with Gasteiger partial charge < -0.3 is 19.5 Å². The summed E-state index contributed by atoms with van der Waals surface area (Å²) in [6, 6.07) is 6.05. The molecule has 0 spiro atoms. The van der Waals surface area contributed by atoms with E-state index >= 15 is 0 Å². The molecule has 0 unspecified atom stereocenters. The molecule has 0 saturated heterocycles. The SMILES string of the molecule is Fc1cccc(Nc2ncc(OC3=COC=C(CC4=CC=CCC4)O3)cn2)c1. The summed E-state index contributed by atoms with van der Waals surface area (Å²) in [7, 11) is 0. The van der Waals surface area contributed by atoms with E-state index in [-0.39, 0.29) is 11.8 Å². The van der Waals surface area contributed by atoms with Gasteiger partial charge >= 0.3 is 5.95 Å². The van der Waals surface area contributed by atoms with E-state index in [0.717, 1.165) is 12.8 Å². The number of nitrogens with zero attached hydrogens (tertiary/aromatic N) is 2. The molecular weight excluding hydrogens is 361 g/mol. The van der Waals surface area contributed by atoms with E-state index in [4.69, 9.17) is 14.2 Å². The smallest absolute Gasteiger partial charge is 0.327 e. The van der Waals surface area contributed by atoms with Crippen LogP contribution in [0.2, 0.25) is 0 Å². The number of anilines is 2. The van der Waals surface area contributed by atoms with E-state index in [1.165, 1.54) is 36.4 Å². The number of halogens is 1. The molecule has 0 bridgehead atoms. The quantitative estimate of drug-likeness (QED) is 0.754. The third kappa shape index (κ3) is 4.76. The molecule has 0 saturated carbocycles. The zero-order chi connectivity index (χ0) is 19.2. The summed E-state index contributed by atoms with van der Waals surface area (Å²) in [5.74, 6) is 1.25. The maximum atomic E-state index is 13.2. The zero-order valence-electron chi connectivity index (χ0n) is 15.0. The third-order valence-corrected chi connectivity index (χ3v) is 4.02. The molecular formula is C21H18FN3O3. The summed E-state index contributed by atoms with van der Waals surface area (Å²) >= 11 is 0. The van der Waals surface area contributed by atoms with Crippen molar-refractivity contribution in [1.29, 1.82) is 0 Å². The average Bonchev–Trinajstić information content (AvgIpc) is 2.71. The van der Waals surface area contributed by atoms with Crippen molar-refractivity contribution in [3.05, 3.63) is 90.5 Å². The molecule has 1 N–H and O–H groups in total. The van der Waals surface area contributed by atoms with Crippen LogP contribution in [-0.2, 0) is 9.47 Å². The van der Waals surface area contributed by atoms with E-state index in [1.807, 2.05) is 6.08 Å². The van der Waals surface area contributed by atoms with E-state index in [9.17, 15) is 4.39 Å². The van der Waals surface area contributed by atoms with Gasteiger partial charge in [0, 0.05) is 12.1 Å². The molecule has 6 nitrogen and oxygen atoms in total. The summed E-state index contributed by atoms with van der Waals surface area (Å²) in [6.45, 7) is 0. The topological polar surface area (TPSA) is 65.5 Å². The number of allylic oxidation sites excluding steroid dienone is 4. The Hall–Kier alpha value is -3.61. The first-order chi connectivity index (χ1) is 13.7. The highest BCUT2D eigenvalue weighted by Gasteiger charge is 2.15. The lowest BCUT2D eigenvalue weighted by Gasteiger charge is -2.18. The monoisotopic (exact) mass is 379 g/mol. The second kappa shape index (κ2) is 8.39. The third-order valence-electron chi connectivity index (χ3n) is 4.02. The Labute approximate surface area is 161 Å². The zero-order valence-corrected chi connectivity index (χ0v) is 15.0. The molecule has 1 aliphatic carbocycles. The summed E-state index contributed by atoms with van der Waals surface area (Å²) in [5, 5.41) is 2.92. The Kier molecular flexibility index (Phi) is 5.33. The Morgan fingerprint density at radius 1 is 1.18 bits per heavy atom. The number of hydrogen-bond acceptors (Lipinski definition) is 6. The fourth-order valence-corrected chi connectivity index (χ4v) is 2.73. The largest absolute Gasteiger partial charge is 0.462 e. The highest BCUT2D eigenvalue weighted by molar-refractivity contribution is 5.52. The van der Waals surface area contributed by atoms with Gasteiger partial charge in [0.15, 0.2) is 12.0 Å². The van der Waals surface area contributed by atoms with Gasteiger partial charge in [-0.05, 0) is 31.0 Å². The standard InChI is InChI=1S/C21H18FN3O3/c22-16-7-4-8-17(10-16)25-21-23-11-19(12-24-21)28-20-14-26-13-18(27-20)9-15-5-2-1-3-6-15/h1-2,4-5,7-8,10-14H,3,6,9H2,(H,23,24,25). The van der Waals surface area contributed by atoms with Crippen molar-refractivity contribution >= 4 is 11.6 Å². The Bertz CT molecular complexity index is 965. The normalized spacial score (nSPS) is 15.5. The summed E-state index contributed by atoms with van der Waals surface area (Å²) in [5.41, 5.74) is 1.83. The Balaban J connectivity index is 1.33. The minimum absolute atomic E-state index is 0.207. The predicted molar refractivity (Wildman–Crippen MR) is 102 cm³/mol. The van der Waals surface area contributed by atoms with Crippen LogP contribution in [0.1, 0.15) is 19.3 Å². The number of rotatable bonds is 6. The molecule has 4 rings (SSSR count). The predicted octanol–water partition coefficient (Wildman–Crippen LogP) is 5.09. The van der Waals surface area contributed by atoms with Crippen LogP contribution in [0.15, 0.2) is 84.7 Å². The van der Waals surface area contributed by atoms with Crippen molar-refractivity contribution < 1.29 is 18.6 Å². The number of nitrogens with one attached hydrogen (secondary N) is 1. The van der Waals surface area contributed by atoms with Gasteiger partial charge in [-0.15, -0.1) is 0 Å². The lowest BCUT2D eigenvalue weighted by molar-refractivity contribution is 0.113. The molecule has 1 aromatic heterocycles. The number of ether oxygens (including phenoxy) is 3. The lowest BCUT2D eigenvalue weighted by atomic mass is 10.0. The van der Waals surface area contributed by atoms with Crippen LogP contribution < -0.4 is 10.1 Å². The lowest BCUT2D eigenvalue weighted by Crippen LogP contribution is -2.07. The van der Waals surface area contributed by atoms with Gasteiger partial charge in [-0.25, -0.2) is 14.4 Å². The van der Waals surface area contributed by atoms with Gasteiger partial charge in [-0.3, -0.25) is 0 Å². The van der Waals surface area contributed by atoms with Crippen LogP contribution in [0.3, 0.4) is 0 Å². The van der Waals surface area contributed by atoms with Crippen molar-refractivity contribution in [1.82, 2.24) is 9.97 Å². The van der Waals surface area contributed by atoms with Crippen molar-refractivity contribution in [2.24, 2.45) is 0 Å². The van der Waals surface area contributed by atoms with E-state index < -0.39 is 0 Å². The van der Waals surface area contributed by atoms with Crippen molar-refractivity contribution in [2.45, 2.75) is 19.3 Å². The molecule has 0 fully saturated rings. The maximum absolute atomic E-state index is 13.2. The molecule has 2 heterocycles. The minimum Gasteiger partial charge on any atom is -0.462 e. The molecule has 142 valence electrons. The molecule has 0 radical (unpaired) electrons. The minimum atomic E-state index is -0.338. The van der Waals surface area contributed by atoms with E-state index in [2.05, 4.69) is 27.4 Å². The number of hydrogen-bond donors (Lipinski definition) is 1. The molecule has 28 heavy (non-hydrogen) atoms. The molecule has 1 aliphatic heterocycles. The first-order valence-electron chi connectivity index (χ1n) is 8.84. The molecule has 0 amide bonds. The number of benzene rings is 1. The highest BCUT2D eigenvalue weighted by Crippen LogP contribution is 2.26. The van der Waals surface area contributed by atoms with Crippen molar-refractivity contribution in [2.75, 3.05) is 5.32 Å². The first kappa shape index (κ1) is 17.8. The molecule has 7 heteroatoms. The Morgan fingerprint density at radius 3 is 2.86 bits per heavy atom. The van der Waals surface area contributed by atoms with Crippen LogP contribution in [0.5, 0.6) is 5.75 Å². The van der Waals surface area contributed by atoms with Gasteiger partial charge in [-0.2, -0.15) is 0 Å². The van der Waals surface area contributed by atoms with Crippen molar-refractivity contribution in [3.8, 4) is 5.75 Å². The summed E-state index contributed by atoms with van der Waals surface area (Å²) < 4.78 is 29.9. The second-order valence-corrected chi connectivity index (χ2v) is 6.21. The molecule has 1 aromatic carbocycles. The van der Waals surface area contributed by atoms with Crippen molar-refractivity contribution in [3.63, 3.8) is 0 Å². The summed E-state index contributed by atoms with van der Waals surface area (Å²) in [6.07, 6.45) is 14.9. The number of aromatic nitrogens is 2. The second-order valence-electron chi connectivity index (χ2n) is 6.21. The molecule has 2 aromatic rings. The van der Waals surface area contributed by atoms with Gasteiger partial charge in [0.1, 0.15) is 17.8 Å². The maximum Gasteiger partial charge on any atom is 0.327 e. The van der Waals surface area contributed by atoms with Gasteiger partial charge in [0.05, 0.1) is 12.4 Å².